The highest BCUT2D eigenvalue weighted by molar-refractivity contribution is 6.39. The molecule has 0 radical (unpaired) electrons. The van der Waals surface area contributed by atoms with Gasteiger partial charge in [-0.15, -0.1) is 0 Å². The predicted molar refractivity (Wildman–Crippen MR) is 157 cm³/mol. The smallest absolute Gasteiger partial charge is 0.169 e. The van der Waals surface area contributed by atoms with Gasteiger partial charge in [0.25, 0.3) is 0 Å². The Morgan fingerprint density at radius 3 is 2.16 bits per heavy atom. The highest BCUT2D eigenvalue weighted by Gasteiger charge is 2.20. The van der Waals surface area contributed by atoms with E-state index in [-0.39, 0.29) is 23.2 Å². The average molecular weight is 546 g/mol. The van der Waals surface area contributed by atoms with E-state index in [1.165, 1.54) is 6.07 Å². The number of rotatable bonds is 9. The lowest BCUT2D eigenvalue weighted by Crippen LogP contribution is -2.14. The van der Waals surface area contributed by atoms with E-state index < -0.39 is 0 Å². The first-order valence-corrected chi connectivity index (χ1v) is 13.3. The zero-order valence-corrected chi connectivity index (χ0v) is 23.8. The van der Waals surface area contributed by atoms with Crippen LogP contribution >= 0.6 is 23.2 Å². The summed E-state index contributed by atoms with van der Waals surface area (Å²) in [6.07, 6.45) is 2.99. The highest BCUT2D eigenvalue weighted by Crippen LogP contribution is 2.33. The molecule has 0 spiro atoms. The molecule has 0 aliphatic carbocycles. The Bertz CT molecular complexity index is 1150. The molecule has 3 aromatic rings. The Labute approximate surface area is 231 Å². The number of hydrogen-bond acceptors (Lipinski definition) is 5. The van der Waals surface area contributed by atoms with Crippen molar-refractivity contribution >= 4 is 51.8 Å². The van der Waals surface area contributed by atoms with Crippen molar-refractivity contribution in [3.63, 3.8) is 0 Å². The Kier molecular flexibility index (Phi) is 14.4. The van der Waals surface area contributed by atoms with Crippen LogP contribution < -0.4 is 11.1 Å². The number of halogens is 2. The van der Waals surface area contributed by atoms with Crippen LogP contribution in [0.3, 0.4) is 0 Å². The number of ketones is 2. The van der Waals surface area contributed by atoms with Crippen molar-refractivity contribution < 1.29 is 14.7 Å². The zero-order valence-electron chi connectivity index (χ0n) is 22.3. The van der Waals surface area contributed by atoms with Crippen LogP contribution in [0.2, 0.25) is 10.0 Å². The molecule has 3 rings (SSSR count). The lowest BCUT2D eigenvalue weighted by atomic mass is 9.91. The van der Waals surface area contributed by atoms with Crippen molar-refractivity contribution in [1.29, 1.82) is 0 Å². The number of benzene rings is 3. The fraction of sp³-hybridized carbons (Fsp3) is 0.333. The largest absolute Gasteiger partial charge is 0.507 e. The first kappa shape index (κ1) is 32.0. The summed E-state index contributed by atoms with van der Waals surface area (Å²) < 4.78 is 0. The molecule has 37 heavy (non-hydrogen) atoms. The molecule has 0 saturated carbocycles. The first-order valence-electron chi connectivity index (χ1n) is 12.6. The van der Waals surface area contributed by atoms with Gasteiger partial charge in [-0.3, -0.25) is 9.59 Å². The molecule has 5 nitrogen and oxygen atoms in total. The third-order valence-corrected chi connectivity index (χ3v) is 6.10. The third kappa shape index (κ3) is 10.1. The number of phenols is 1. The molecule has 200 valence electrons. The second-order valence-corrected chi connectivity index (χ2v) is 9.11. The minimum absolute atomic E-state index is 0.00542. The van der Waals surface area contributed by atoms with E-state index in [2.05, 4.69) is 12.2 Å². The van der Waals surface area contributed by atoms with Crippen LogP contribution in [0.25, 0.3) is 0 Å². The summed E-state index contributed by atoms with van der Waals surface area (Å²) in [7, 11) is 0. The second kappa shape index (κ2) is 16.7. The SMILES string of the molecule is CC.CC(=O)Cc1ccccc1Nc1c(Cl)cccc1Cl.CCCC(CC)C(=O)c1cc(N)ccc1O. The Hall–Kier alpha value is -3.02. The van der Waals surface area contributed by atoms with E-state index in [0.29, 0.717) is 33.4 Å². The van der Waals surface area contributed by atoms with Crippen molar-refractivity contribution in [1.82, 2.24) is 0 Å². The quantitative estimate of drug-likeness (QED) is 0.142. The molecule has 0 heterocycles. The van der Waals surface area contributed by atoms with Crippen LogP contribution in [0.4, 0.5) is 17.1 Å². The lowest BCUT2D eigenvalue weighted by molar-refractivity contribution is -0.116. The van der Waals surface area contributed by atoms with Gasteiger partial charge in [0.15, 0.2) is 5.78 Å². The van der Waals surface area contributed by atoms with Crippen molar-refractivity contribution in [2.75, 3.05) is 11.1 Å². The summed E-state index contributed by atoms with van der Waals surface area (Å²) in [5.41, 5.74) is 8.89. The van der Waals surface area contributed by atoms with E-state index >= 15 is 0 Å². The molecule has 0 bridgehead atoms. The van der Waals surface area contributed by atoms with E-state index in [4.69, 9.17) is 28.9 Å². The molecular formula is C30H38Cl2N2O3. The zero-order chi connectivity index (χ0) is 28.0. The average Bonchev–Trinajstić information content (AvgIpc) is 2.88. The highest BCUT2D eigenvalue weighted by atomic mass is 35.5. The fourth-order valence-electron chi connectivity index (χ4n) is 3.66. The number of nitrogens with two attached hydrogens (primary N) is 1. The maximum Gasteiger partial charge on any atom is 0.169 e. The van der Waals surface area contributed by atoms with Gasteiger partial charge in [0.1, 0.15) is 11.5 Å². The molecule has 4 N–H and O–H groups in total. The predicted octanol–water partition coefficient (Wildman–Crippen LogP) is 8.88. The van der Waals surface area contributed by atoms with Gasteiger partial charge in [0.05, 0.1) is 21.3 Å². The summed E-state index contributed by atoms with van der Waals surface area (Å²) in [4.78, 5) is 23.4. The summed E-state index contributed by atoms with van der Waals surface area (Å²) in [5, 5.41) is 13.9. The number of carbonyl (C=O) groups excluding carboxylic acids is 2. The number of Topliss-reactive ketones (excluding diaryl/α,β-unsaturated/α-hetero) is 2. The van der Waals surface area contributed by atoms with Crippen LogP contribution in [0.1, 0.15) is 69.8 Å². The Morgan fingerprint density at radius 2 is 1.59 bits per heavy atom. The maximum atomic E-state index is 12.1. The molecule has 1 atom stereocenters. The molecule has 0 amide bonds. The summed E-state index contributed by atoms with van der Waals surface area (Å²) >= 11 is 12.2. The molecule has 0 aliphatic heterocycles. The standard InChI is InChI=1S/C15H13Cl2NO.C13H19NO2.C2H6/c1-10(19)9-11-5-2-3-8-14(11)18-15-12(16)6-4-7-13(15)17;1-3-5-9(4-2)13(16)11-8-10(14)6-7-12(11)15;1-2/h2-8,18H,9H2,1H3;6-9,15H,3-5,14H2,1-2H3;1-2H3. The van der Waals surface area contributed by atoms with E-state index in [1.807, 2.05) is 45.0 Å². The van der Waals surface area contributed by atoms with Crippen LogP contribution in [0.5, 0.6) is 5.75 Å². The number of carbonyl (C=O) groups is 2. The van der Waals surface area contributed by atoms with Gasteiger partial charge < -0.3 is 16.2 Å². The molecule has 1 unspecified atom stereocenters. The van der Waals surface area contributed by atoms with Crippen LogP contribution in [-0.2, 0) is 11.2 Å². The monoisotopic (exact) mass is 544 g/mol. The molecule has 0 fully saturated rings. The third-order valence-electron chi connectivity index (χ3n) is 5.47. The minimum atomic E-state index is -0.0160. The number of nitrogen functional groups attached to an aromatic ring is 1. The Balaban J connectivity index is 0.000000352. The van der Waals surface area contributed by atoms with Crippen molar-refractivity contribution in [3.05, 3.63) is 81.8 Å². The van der Waals surface area contributed by atoms with Crippen molar-refractivity contribution in [2.24, 2.45) is 5.92 Å². The van der Waals surface area contributed by atoms with Gasteiger partial charge in [-0.05, 0) is 61.7 Å². The van der Waals surface area contributed by atoms with Gasteiger partial charge in [-0.2, -0.15) is 0 Å². The molecule has 0 saturated heterocycles. The number of nitrogens with one attached hydrogen (secondary N) is 1. The van der Waals surface area contributed by atoms with E-state index in [1.54, 1.807) is 37.3 Å². The van der Waals surface area contributed by atoms with Crippen LogP contribution in [0.15, 0.2) is 60.7 Å². The number of aromatic hydroxyl groups is 1. The molecule has 7 heteroatoms. The number of hydrogen-bond donors (Lipinski definition) is 3. The molecule has 0 aliphatic rings. The fourth-order valence-corrected chi connectivity index (χ4v) is 4.15. The number of phenolic OH excluding ortho intramolecular Hbond substituents is 1. The number of para-hydroxylation sites is 2. The molecule has 3 aromatic carbocycles. The molecular weight excluding hydrogens is 507 g/mol. The minimum Gasteiger partial charge on any atom is -0.507 e. The Morgan fingerprint density at radius 1 is 0.973 bits per heavy atom. The van der Waals surface area contributed by atoms with Crippen molar-refractivity contribution in [3.8, 4) is 5.75 Å². The number of anilines is 3. The maximum absolute atomic E-state index is 12.1. The van der Waals surface area contributed by atoms with E-state index in [9.17, 15) is 14.7 Å². The first-order chi connectivity index (χ1) is 17.7. The van der Waals surface area contributed by atoms with Gasteiger partial charge in [-0.1, -0.05) is 81.6 Å². The summed E-state index contributed by atoms with van der Waals surface area (Å²) in [6, 6.07) is 17.6. The van der Waals surface area contributed by atoms with Gasteiger partial charge >= 0.3 is 0 Å². The van der Waals surface area contributed by atoms with Crippen LogP contribution in [0, 0.1) is 5.92 Å². The normalized spacial score (nSPS) is 10.8. The topological polar surface area (TPSA) is 92.4 Å². The summed E-state index contributed by atoms with van der Waals surface area (Å²) in [6.45, 7) is 9.61. The van der Waals surface area contributed by atoms with Crippen molar-refractivity contribution in [2.45, 2.75) is 60.3 Å². The molecule has 0 aromatic heterocycles. The second-order valence-electron chi connectivity index (χ2n) is 8.29. The van der Waals surface area contributed by atoms with Gasteiger partial charge in [0.2, 0.25) is 0 Å². The van der Waals surface area contributed by atoms with E-state index in [0.717, 1.165) is 30.5 Å². The summed E-state index contributed by atoms with van der Waals surface area (Å²) in [5.74, 6) is 0.111. The van der Waals surface area contributed by atoms with Gasteiger partial charge in [0, 0.05) is 23.7 Å². The van der Waals surface area contributed by atoms with Crippen LogP contribution in [-0.4, -0.2) is 16.7 Å². The van der Waals surface area contributed by atoms with Gasteiger partial charge in [-0.25, -0.2) is 0 Å². The lowest BCUT2D eigenvalue weighted by Gasteiger charge is -2.13.